The van der Waals surface area contributed by atoms with Crippen molar-refractivity contribution in [3.8, 4) is 0 Å². The van der Waals surface area contributed by atoms with Crippen LogP contribution < -0.4 is 16.8 Å². The van der Waals surface area contributed by atoms with Crippen LogP contribution in [0.2, 0.25) is 0 Å². The highest BCUT2D eigenvalue weighted by Crippen LogP contribution is 2.32. The van der Waals surface area contributed by atoms with Gasteiger partial charge in [-0.1, -0.05) is 0 Å². The molecule has 0 atom stereocenters. The summed E-state index contributed by atoms with van der Waals surface area (Å²) in [7, 11) is 1.68. The lowest BCUT2D eigenvalue weighted by atomic mass is 9.85. The summed E-state index contributed by atoms with van der Waals surface area (Å²) < 4.78 is 6.84. The maximum absolute atomic E-state index is 5.99. The van der Waals surface area contributed by atoms with Crippen LogP contribution in [0.5, 0.6) is 0 Å². The van der Waals surface area contributed by atoms with E-state index < -0.39 is 0 Å². The fourth-order valence-electron chi connectivity index (χ4n) is 3.04. The Morgan fingerprint density at radius 3 is 2.86 bits per heavy atom. The third kappa shape index (κ3) is 3.15. The van der Waals surface area contributed by atoms with Crippen LogP contribution in [0.25, 0.3) is 5.65 Å². The molecule has 7 heteroatoms. The van der Waals surface area contributed by atoms with E-state index in [4.69, 9.17) is 21.2 Å². The molecular weight excluding hydrogens is 280 g/mol. The normalized spacial score (nSPS) is 22.1. The zero-order valence-corrected chi connectivity index (χ0v) is 13.0. The largest absolute Gasteiger partial charge is 0.383 e. The predicted octanol–water partition coefficient (Wildman–Crippen LogP) is 1.35. The average molecular weight is 304 g/mol. The molecule has 7 nitrogen and oxygen atoms in total. The van der Waals surface area contributed by atoms with Crippen molar-refractivity contribution in [3.63, 3.8) is 0 Å². The molecule has 3 rings (SSSR count). The minimum atomic E-state index is 0.341. The molecule has 1 fully saturated rings. The van der Waals surface area contributed by atoms with Gasteiger partial charge in [-0.15, -0.1) is 5.10 Å². The zero-order valence-electron chi connectivity index (χ0n) is 13.0. The molecule has 2 aromatic rings. The van der Waals surface area contributed by atoms with Gasteiger partial charge in [-0.2, -0.15) is 0 Å². The Balaban J connectivity index is 1.86. The number of nitrogens with two attached hydrogens (primary N) is 2. The molecule has 2 aromatic heterocycles. The molecule has 1 aliphatic carbocycles. The van der Waals surface area contributed by atoms with Gasteiger partial charge in [0.2, 0.25) is 0 Å². The Morgan fingerprint density at radius 1 is 1.36 bits per heavy atom. The van der Waals surface area contributed by atoms with Gasteiger partial charge in [-0.25, -0.2) is 9.50 Å². The molecule has 5 N–H and O–H groups in total. The molecule has 1 saturated carbocycles. The van der Waals surface area contributed by atoms with Crippen molar-refractivity contribution >= 4 is 17.2 Å². The number of nitrogens with one attached hydrogen (secondary N) is 1. The first-order valence-corrected chi connectivity index (χ1v) is 7.81. The highest BCUT2D eigenvalue weighted by Gasteiger charge is 2.23. The van der Waals surface area contributed by atoms with E-state index in [0.717, 1.165) is 42.7 Å². The van der Waals surface area contributed by atoms with Crippen molar-refractivity contribution in [2.24, 2.45) is 5.73 Å². The summed E-state index contributed by atoms with van der Waals surface area (Å²) in [5.74, 6) is 0.941. The van der Waals surface area contributed by atoms with Gasteiger partial charge in [0.1, 0.15) is 5.82 Å². The van der Waals surface area contributed by atoms with Gasteiger partial charge in [0.25, 0.3) is 0 Å². The maximum atomic E-state index is 5.99. The smallest absolute Gasteiger partial charge is 0.177 e. The van der Waals surface area contributed by atoms with Crippen LogP contribution in [0.3, 0.4) is 0 Å². The first-order chi connectivity index (χ1) is 10.7. The highest BCUT2D eigenvalue weighted by atomic mass is 16.5. The summed E-state index contributed by atoms with van der Waals surface area (Å²) in [4.78, 5) is 4.78. The highest BCUT2D eigenvalue weighted by molar-refractivity contribution is 5.70. The van der Waals surface area contributed by atoms with Crippen LogP contribution in [0.4, 0.5) is 11.5 Å². The second kappa shape index (κ2) is 6.50. The van der Waals surface area contributed by atoms with Gasteiger partial charge in [0.05, 0.1) is 24.2 Å². The van der Waals surface area contributed by atoms with E-state index in [9.17, 15) is 0 Å². The van der Waals surface area contributed by atoms with Crippen LogP contribution in [-0.2, 0) is 4.74 Å². The number of fused-ring (bicyclic) bond motifs is 1. The Bertz CT molecular complexity index is 632. The molecule has 0 spiro atoms. The van der Waals surface area contributed by atoms with Gasteiger partial charge in [0, 0.05) is 31.7 Å². The average Bonchev–Trinajstić information content (AvgIpc) is 2.92. The fraction of sp³-hybridized carbons (Fsp3) is 0.600. The molecule has 22 heavy (non-hydrogen) atoms. The van der Waals surface area contributed by atoms with Gasteiger partial charge in [0.15, 0.2) is 5.65 Å². The van der Waals surface area contributed by atoms with E-state index in [0.29, 0.717) is 30.9 Å². The number of aromatic nitrogens is 3. The molecule has 120 valence electrons. The van der Waals surface area contributed by atoms with Crippen LogP contribution in [0.1, 0.15) is 37.3 Å². The third-order valence-corrected chi connectivity index (χ3v) is 4.27. The van der Waals surface area contributed by atoms with Crippen LogP contribution in [-0.4, -0.2) is 40.9 Å². The number of nitrogens with zero attached hydrogens (tertiary/aromatic N) is 3. The van der Waals surface area contributed by atoms with E-state index in [2.05, 4.69) is 10.4 Å². The van der Waals surface area contributed by atoms with Gasteiger partial charge < -0.3 is 21.5 Å². The number of rotatable bonds is 5. The SMILES string of the molecule is COCCNc1cc(N)nn2cc([C@H]3CC[C@H](N)CC3)nc12. The standard InChI is InChI=1S/C15H24N6O/c1-22-7-6-18-12-8-14(17)20-21-9-13(19-15(12)21)10-2-4-11(16)5-3-10/h8-11,18H,2-7,16H2,1H3,(H2,17,20)/t10-,11-. The van der Waals surface area contributed by atoms with Gasteiger partial charge in [-0.05, 0) is 25.7 Å². The number of nitrogen functional groups attached to an aromatic ring is 1. The summed E-state index contributed by atoms with van der Waals surface area (Å²) >= 11 is 0. The summed E-state index contributed by atoms with van der Waals surface area (Å²) in [6.07, 6.45) is 6.30. The molecular formula is C15H24N6O. The Kier molecular flexibility index (Phi) is 4.44. The monoisotopic (exact) mass is 304 g/mol. The summed E-state index contributed by atoms with van der Waals surface area (Å²) in [6.45, 7) is 1.33. The minimum Gasteiger partial charge on any atom is -0.383 e. The number of ether oxygens (including phenoxy) is 1. The van der Waals surface area contributed by atoms with Gasteiger partial charge in [-0.3, -0.25) is 0 Å². The topological polar surface area (TPSA) is 103 Å². The summed E-state index contributed by atoms with van der Waals surface area (Å²) in [6, 6.07) is 2.16. The number of hydrogen-bond acceptors (Lipinski definition) is 6. The minimum absolute atomic E-state index is 0.341. The van der Waals surface area contributed by atoms with Crippen molar-refractivity contribution in [1.82, 2.24) is 14.6 Å². The van der Waals surface area contributed by atoms with Crippen molar-refractivity contribution in [2.75, 3.05) is 31.3 Å². The van der Waals surface area contributed by atoms with Crippen molar-refractivity contribution < 1.29 is 4.74 Å². The van der Waals surface area contributed by atoms with Crippen LogP contribution >= 0.6 is 0 Å². The molecule has 0 bridgehead atoms. The number of imidazole rings is 1. The van der Waals surface area contributed by atoms with Crippen molar-refractivity contribution in [1.29, 1.82) is 0 Å². The van der Waals surface area contributed by atoms with E-state index in [1.165, 1.54) is 0 Å². The van der Waals surface area contributed by atoms with Crippen LogP contribution in [0.15, 0.2) is 12.3 Å². The first kappa shape index (κ1) is 15.1. The maximum Gasteiger partial charge on any atom is 0.177 e. The quantitative estimate of drug-likeness (QED) is 0.721. The molecule has 0 aliphatic heterocycles. The van der Waals surface area contributed by atoms with E-state index >= 15 is 0 Å². The van der Waals surface area contributed by atoms with Crippen LogP contribution in [0, 0.1) is 0 Å². The zero-order chi connectivity index (χ0) is 15.5. The lowest BCUT2D eigenvalue weighted by Crippen LogP contribution is -2.25. The molecule has 0 radical (unpaired) electrons. The Morgan fingerprint density at radius 2 is 2.14 bits per heavy atom. The van der Waals surface area contributed by atoms with E-state index in [1.54, 1.807) is 11.6 Å². The number of anilines is 2. The predicted molar refractivity (Wildman–Crippen MR) is 86.9 cm³/mol. The first-order valence-electron chi connectivity index (χ1n) is 7.81. The van der Waals surface area contributed by atoms with E-state index in [1.807, 2.05) is 12.3 Å². The summed E-state index contributed by atoms with van der Waals surface area (Å²) in [5.41, 5.74) is 14.7. The summed E-state index contributed by atoms with van der Waals surface area (Å²) in [5, 5.41) is 7.64. The second-order valence-corrected chi connectivity index (χ2v) is 5.95. The second-order valence-electron chi connectivity index (χ2n) is 5.95. The van der Waals surface area contributed by atoms with Gasteiger partial charge >= 0.3 is 0 Å². The molecule has 2 heterocycles. The lowest BCUT2D eigenvalue weighted by molar-refractivity contribution is 0.211. The number of hydrogen-bond donors (Lipinski definition) is 3. The van der Waals surface area contributed by atoms with Crippen molar-refractivity contribution in [2.45, 2.75) is 37.6 Å². The molecule has 0 saturated heterocycles. The molecule has 0 unspecified atom stereocenters. The Hall–Kier alpha value is -1.86. The number of methoxy groups -OCH3 is 1. The fourth-order valence-corrected chi connectivity index (χ4v) is 3.04. The molecule has 0 aromatic carbocycles. The van der Waals surface area contributed by atoms with Crippen molar-refractivity contribution in [3.05, 3.63) is 18.0 Å². The van der Waals surface area contributed by atoms with E-state index in [-0.39, 0.29) is 0 Å². The Labute approximate surface area is 130 Å². The molecule has 0 amide bonds. The molecule has 1 aliphatic rings. The lowest BCUT2D eigenvalue weighted by Gasteiger charge is -2.24. The third-order valence-electron chi connectivity index (χ3n) is 4.27.